The van der Waals surface area contributed by atoms with Gasteiger partial charge < -0.3 is 10.2 Å². The fourth-order valence-corrected chi connectivity index (χ4v) is 5.27. The summed E-state index contributed by atoms with van der Waals surface area (Å²) in [5.41, 5.74) is 3.68. The summed E-state index contributed by atoms with van der Waals surface area (Å²) in [6, 6.07) is 7.51. The normalized spacial score (nSPS) is 19.3. The summed E-state index contributed by atoms with van der Waals surface area (Å²) in [6.07, 6.45) is 0.562. The maximum Gasteiger partial charge on any atom is 0.256 e. The van der Waals surface area contributed by atoms with Gasteiger partial charge in [0.05, 0.1) is 18.0 Å². The predicted molar refractivity (Wildman–Crippen MR) is 126 cm³/mol. The van der Waals surface area contributed by atoms with Gasteiger partial charge in [-0.2, -0.15) is 0 Å². The van der Waals surface area contributed by atoms with Crippen molar-refractivity contribution in [2.75, 3.05) is 0 Å². The lowest BCUT2D eigenvalue weighted by atomic mass is 9.85. The van der Waals surface area contributed by atoms with Gasteiger partial charge in [0.2, 0.25) is 17.7 Å². The molecule has 4 rings (SSSR count). The van der Waals surface area contributed by atoms with Gasteiger partial charge in [-0.25, -0.2) is 0 Å². The van der Waals surface area contributed by atoms with Gasteiger partial charge in [-0.05, 0) is 35.4 Å². The molecule has 7 nitrogen and oxygen atoms in total. The SMILES string of the molecule is CC(C(=O)NCc1scc2c1CN(C1CCC(=O)NC1=O)C2=O)c1ccc(C(C)(C)C)cc1. The van der Waals surface area contributed by atoms with E-state index in [2.05, 4.69) is 43.5 Å². The fraction of sp³-hybridized carbons (Fsp3) is 0.440. The molecule has 2 aliphatic heterocycles. The number of piperidine rings is 1. The van der Waals surface area contributed by atoms with Crippen LogP contribution in [0.1, 0.15) is 78.4 Å². The largest absolute Gasteiger partial charge is 0.351 e. The van der Waals surface area contributed by atoms with E-state index in [9.17, 15) is 19.2 Å². The molecule has 2 N–H and O–H groups in total. The molecule has 1 aromatic carbocycles. The lowest BCUT2D eigenvalue weighted by Gasteiger charge is -2.29. The molecule has 0 saturated carbocycles. The number of amides is 4. The number of benzene rings is 1. The molecule has 1 aromatic heterocycles. The van der Waals surface area contributed by atoms with E-state index in [0.717, 1.165) is 16.0 Å². The Hall–Kier alpha value is -3.00. The number of carbonyl (C=O) groups excluding carboxylic acids is 4. The van der Waals surface area contributed by atoms with Crippen molar-refractivity contribution >= 4 is 35.0 Å². The van der Waals surface area contributed by atoms with Crippen LogP contribution in [0.5, 0.6) is 0 Å². The first-order valence-electron chi connectivity index (χ1n) is 11.2. The summed E-state index contributed by atoms with van der Waals surface area (Å²) in [4.78, 5) is 51.7. The van der Waals surface area contributed by atoms with Crippen molar-refractivity contribution in [1.82, 2.24) is 15.5 Å². The third kappa shape index (κ3) is 4.57. The van der Waals surface area contributed by atoms with Crippen molar-refractivity contribution in [2.45, 2.75) is 71.0 Å². The highest BCUT2D eigenvalue weighted by molar-refractivity contribution is 7.10. The molecular weight excluding hydrogens is 438 g/mol. The summed E-state index contributed by atoms with van der Waals surface area (Å²) in [5, 5.41) is 7.10. The first-order chi connectivity index (χ1) is 15.6. The molecule has 4 amide bonds. The van der Waals surface area contributed by atoms with Crippen LogP contribution in [0.25, 0.3) is 0 Å². The third-order valence-corrected chi connectivity index (χ3v) is 7.51. The van der Waals surface area contributed by atoms with Crippen molar-refractivity contribution in [3.05, 3.63) is 56.8 Å². The zero-order valence-corrected chi connectivity index (χ0v) is 20.2. The number of nitrogens with one attached hydrogen (secondary N) is 2. The van der Waals surface area contributed by atoms with Crippen molar-refractivity contribution < 1.29 is 19.2 Å². The molecule has 3 heterocycles. The molecular formula is C25H29N3O4S. The number of thiophene rings is 1. The average molecular weight is 468 g/mol. The topological polar surface area (TPSA) is 95.6 Å². The van der Waals surface area contributed by atoms with E-state index >= 15 is 0 Å². The van der Waals surface area contributed by atoms with Gasteiger partial charge in [0.1, 0.15) is 6.04 Å². The van der Waals surface area contributed by atoms with Gasteiger partial charge in [-0.3, -0.25) is 24.5 Å². The molecule has 0 spiro atoms. The molecule has 0 bridgehead atoms. The first-order valence-corrected chi connectivity index (χ1v) is 12.1. The lowest BCUT2D eigenvalue weighted by molar-refractivity contribution is -0.137. The lowest BCUT2D eigenvalue weighted by Crippen LogP contribution is -2.52. The molecule has 2 atom stereocenters. The van der Waals surface area contributed by atoms with Crippen LogP contribution in [-0.2, 0) is 32.9 Å². The Morgan fingerprint density at radius 2 is 1.91 bits per heavy atom. The number of nitrogens with zero attached hydrogens (tertiary/aromatic N) is 1. The summed E-state index contributed by atoms with van der Waals surface area (Å²) < 4.78 is 0. The Morgan fingerprint density at radius 1 is 1.21 bits per heavy atom. The highest BCUT2D eigenvalue weighted by Crippen LogP contribution is 2.34. The maximum atomic E-state index is 12.8. The molecule has 1 fully saturated rings. The van der Waals surface area contributed by atoms with Crippen molar-refractivity contribution in [3.8, 4) is 0 Å². The van der Waals surface area contributed by atoms with Crippen LogP contribution in [0.2, 0.25) is 0 Å². The van der Waals surface area contributed by atoms with E-state index in [0.29, 0.717) is 25.1 Å². The minimum Gasteiger partial charge on any atom is -0.351 e. The summed E-state index contributed by atoms with van der Waals surface area (Å²) in [7, 11) is 0. The van der Waals surface area contributed by atoms with Crippen LogP contribution >= 0.6 is 11.3 Å². The van der Waals surface area contributed by atoms with Crippen LogP contribution in [0, 0.1) is 0 Å². The minimum absolute atomic E-state index is 0.0583. The number of carbonyl (C=O) groups is 4. The molecule has 174 valence electrons. The van der Waals surface area contributed by atoms with Crippen LogP contribution in [0.3, 0.4) is 0 Å². The molecule has 2 unspecified atom stereocenters. The molecule has 33 heavy (non-hydrogen) atoms. The smallest absolute Gasteiger partial charge is 0.256 e. The minimum atomic E-state index is -0.633. The number of imide groups is 1. The monoisotopic (exact) mass is 467 g/mol. The average Bonchev–Trinajstić information content (AvgIpc) is 3.31. The van der Waals surface area contributed by atoms with E-state index < -0.39 is 11.9 Å². The molecule has 1 saturated heterocycles. The quantitative estimate of drug-likeness (QED) is 0.660. The van der Waals surface area contributed by atoms with Crippen molar-refractivity contribution in [3.63, 3.8) is 0 Å². The molecule has 0 radical (unpaired) electrons. The summed E-state index contributed by atoms with van der Waals surface area (Å²) in [5.74, 6) is -1.29. The van der Waals surface area contributed by atoms with E-state index in [-0.39, 0.29) is 35.5 Å². The summed E-state index contributed by atoms with van der Waals surface area (Å²) >= 11 is 1.44. The zero-order chi connectivity index (χ0) is 23.9. The number of hydrogen-bond acceptors (Lipinski definition) is 5. The van der Waals surface area contributed by atoms with Gasteiger partial charge in [0.15, 0.2) is 0 Å². The number of rotatable bonds is 5. The summed E-state index contributed by atoms with van der Waals surface area (Å²) in [6.45, 7) is 9.00. The third-order valence-electron chi connectivity index (χ3n) is 6.48. The van der Waals surface area contributed by atoms with Crippen LogP contribution in [0.4, 0.5) is 0 Å². The Bertz CT molecular complexity index is 1110. The van der Waals surface area contributed by atoms with Crippen LogP contribution in [0.15, 0.2) is 29.6 Å². The molecule has 2 aliphatic rings. The maximum absolute atomic E-state index is 12.8. The zero-order valence-electron chi connectivity index (χ0n) is 19.4. The van der Waals surface area contributed by atoms with E-state index in [1.165, 1.54) is 21.8 Å². The van der Waals surface area contributed by atoms with Gasteiger partial charge in [0, 0.05) is 23.2 Å². The Morgan fingerprint density at radius 3 is 2.55 bits per heavy atom. The highest BCUT2D eigenvalue weighted by atomic mass is 32.1. The second kappa shape index (κ2) is 8.74. The Balaban J connectivity index is 1.40. The van der Waals surface area contributed by atoms with Crippen molar-refractivity contribution in [1.29, 1.82) is 0 Å². The van der Waals surface area contributed by atoms with Gasteiger partial charge >= 0.3 is 0 Å². The first kappa shape index (κ1) is 23.2. The van der Waals surface area contributed by atoms with E-state index in [1.54, 1.807) is 5.38 Å². The predicted octanol–water partition coefficient (Wildman–Crippen LogP) is 3.23. The van der Waals surface area contributed by atoms with Gasteiger partial charge in [0.25, 0.3) is 5.91 Å². The standard InChI is InChI=1S/C25H29N3O4S/c1-14(15-5-7-16(8-6-15)25(2,3)4)22(30)26-11-20-17-12-28(24(32)18(17)13-33-20)19-9-10-21(29)27-23(19)31/h5-8,13-14,19H,9-12H2,1-4H3,(H,26,30)(H,27,29,31). The Labute approximate surface area is 197 Å². The Kier molecular flexibility index (Phi) is 6.14. The van der Waals surface area contributed by atoms with Crippen LogP contribution in [-0.4, -0.2) is 34.6 Å². The molecule has 0 aliphatic carbocycles. The number of fused-ring (bicyclic) bond motifs is 1. The fourth-order valence-electron chi connectivity index (χ4n) is 4.30. The van der Waals surface area contributed by atoms with Gasteiger partial charge in [-0.1, -0.05) is 45.0 Å². The molecule has 8 heteroatoms. The molecule has 2 aromatic rings. The van der Waals surface area contributed by atoms with E-state index in [1.807, 2.05) is 19.1 Å². The highest BCUT2D eigenvalue weighted by Gasteiger charge is 2.40. The second-order valence-electron chi connectivity index (χ2n) is 9.76. The van der Waals surface area contributed by atoms with Crippen LogP contribution < -0.4 is 10.6 Å². The van der Waals surface area contributed by atoms with Gasteiger partial charge in [-0.15, -0.1) is 11.3 Å². The second-order valence-corrected chi connectivity index (χ2v) is 10.7. The number of hydrogen-bond donors (Lipinski definition) is 2. The van der Waals surface area contributed by atoms with E-state index in [4.69, 9.17) is 0 Å². The van der Waals surface area contributed by atoms with Crippen molar-refractivity contribution in [2.24, 2.45) is 0 Å².